The van der Waals surface area contributed by atoms with E-state index in [1.54, 1.807) is 31.4 Å². The summed E-state index contributed by atoms with van der Waals surface area (Å²) in [7, 11) is 1.55. The molecular weight excluding hydrogens is 392 g/mol. The van der Waals surface area contributed by atoms with Gasteiger partial charge in [-0.1, -0.05) is 36.8 Å². The fourth-order valence-corrected chi connectivity index (χ4v) is 3.56. The van der Waals surface area contributed by atoms with Gasteiger partial charge in [0.25, 0.3) is 11.8 Å². The van der Waals surface area contributed by atoms with Crippen LogP contribution < -0.4 is 10.2 Å². The van der Waals surface area contributed by atoms with Crippen molar-refractivity contribution in [1.82, 2.24) is 10.4 Å². The summed E-state index contributed by atoms with van der Waals surface area (Å²) in [5, 5.41) is 1.40. The lowest BCUT2D eigenvalue weighted by Gasteiger charge is -2.36. The molecule has 0 fully saturated rings. The first kappa shape index (κ1) is 24.4. The van der Waals surface area contributed by atoms with E-state index in [-0.39, 0.29) is 18.4 Å². The Balaban J connectivity index is 2.36. The number of ether oxygens (including phenoxy) is 2. The van der Waals surface area contributed by atoms with Gasteiger partial charge in [0, 0.05) is 11.1 Å². The quantitative estimate of drug-likeness (QED) is 0.394. The van der Waals surface area contributed by atoms with E-state index in [1.807, 2.05) is 39.8 Å². The molecule has 1 aliphatic carbocycles. The Morgan fingerprint density at radius 2 is 2.03 bits per heavy atom. The number of nitrogens with zero attached hydrogens (tertiary/aromatic N) is 1. The van der Waals surface area contributed by atoms with Crippen molar-refractivity contribution in [3.8, 4) is 5.75 Å². The summed E-state index contributed by atoms with van der Waals surface area (Å²) in [4.78, 5) is 26.6. The Kier molecular flexibility index (Phi) is 8.22. The Hall–Kier alpha value is -2.86. The zero-order valence-corrected chi connectivity index (χ0v) is 19.5. The molecule has 1 N–H and O–H groups in total. The third-order valence-electron chi connectivity index (χ3n) is 4.92. The number of nitrogens with one attached hydrogen (secondary N) is 1. The first-order valence-electron chi connectivity index (χ1n) is 10.5. The lowest BCUT2D eigenvalue weighted by atomic mass is 9.91. The first-order chi connectivity index (χ1) is 14.6. The predicted octanol–water partition coefficient (Wildman–Crippen LogP) is 4.58. The van der Waals surface area contributed by atoms with Crippen LogP contribution in [0, 0.1) is 5.92 Å². The van der Waals surface area contributed by atoms with Gasteiger partial charge >= 0.3 is 0 Å². The van der Waals surface area contributed by atoms with Gasteiger partial charge in [0.1, 0.15) is 5.75 Å². The van der Waals surface area contributed by atoms with Gasteiger partial charge in [-0.05, 0) is 52.2 Å². The maximum absolute atomic E-state index is 13.4. The topological polar surface area (TPSA) is 67.9 Å². The van der Waals surface area contributed by atoms with Crippen LogP contribution >= 0.6 is 0 Å². The second-order valence-electron chi connectivity index (χ2n) is 8.84. The number of amides is 2. The molecule has 0 saturated carbocycles. The van der Waals surface area contributed by atoms with Crippen molar-refractivity contribution < 1.29 is 19.1 Å². The molecule has 168 valence electrons. The molecular formula is C25H34N2O4. The molecule has 1 aromatic rings. The van der Waals surface area contributed by atoms with Crippen LogP contribution in [0.4, 0.5) is 0 Å². The molecule has 0 bridgehead atoms. The average Bonchev–Trinajstić information content (AvgIpc) is 2.70. The minimum absolute atomic E-state index is 0.187. The zero-order valence-electron chi connectivity index (χ0n) is 19.5. The number of carbonyl (C=O) groups excluding carboxylic acids is 2. The van der Waals surface area contributed by atoms with Crippen LogP contribution in [-0.2, 0) is 16.1 Å². The molecule has 0 radical (unpaired) electrons. The molecule has 1 unspecified atom stereocenters. The van der Waals surface area contributed by atoms with Crippen LogP contribution in [0.3, 0.4) is 0 Å². The number of methoxy groups -OCH3 is 1. The van der Waals surface area contributed by atoms with Crippen molar-refractivity contribution in [3.63, 3.8) is 0 Å². The smallest absolute Gasteiger partial charge is 0.272 e. The molecule has 1 aromatic carbocycles. The number of hydrogen-bond acceptors (Lipinski definition) is 4. The summed E-state index contributed by atoms with van der Waals surface area (Å²) in [5.41, 5.74) is 4.94. The molecule has 1 atom stereocenters. The highest BCUT2D eigenvalue weighted by atomic mass is 16.5. The Bertz CT molecular complexity index is 893. The average molecular weight is 427 g/mol. The van der Waals surface area contributed by atoms with Gasteiger partial charge in [-0.15, -0.1) is 6.58 Å². The van der Waals surface area contributed by atoms with E-state index < -0.39 is 11.4 Å². The number of rotatable bonds is 7. The maximum atomic E-state index is 13.4. The van der Waals surface area contributed by atoms with Crippen LogP contribution in [-0.4, -0.2) is 36.1 Å². The fourth-order valence-electron chi connectivity index (χ4n) is 3.56. The number of carbonyl (C=O) groups is 2. The summed E-state index contributed by atoms with van der Waals surface area (Å²) in [6.45, 7) is 13.9. The van der Waals surface area contributed by atoms with E-state index in [9.17, 15) is 9.59 Å². The van der Waals surface area contributed by atoms with Gasteiger partial charge < -0.3 is 9.47 Å². The monoisotopic (exact) mass is 426 g/mol. The molecule has 6 heteroatoms. The van der Waals surface area contributed by atoms with Crippen LogP contribution in [0.1, 0.15) is 57.0 Å². The van der Waals surface area contributed by atoms with E-state index >= 15 is 0 Å². The fraction of sp³-hybridized carbons (Fsp3) is 0.440. The number of allylic oxidation sites excluding steroid dienone is 2. The van der Waals surface area contributed by atoms with Gasteiger partial charge in [0.15, 0.2) is 0 Å². The zero-order chi connectivity index (χ0) is 23.2. The Morgan fingerprint density at radius 1 is 1.32 bits per heavy atom. The number of hydrazine groups is 1. The van der Waals surface area contributed by atoms with Crippen molar-refractivity contribution in [1.29, 1.82) is 0 Å². The van der Waals surface area contributed by atoms with Gasteiger partial charge in [0.05, 0.1) is 31.4 Å². The summed E-state index contributed by atoms with van der Waals surface area (Å²) in [5.74, 6) is 0.185. The molecule has 2 rings (SSSR count). The third-order valence-corrected chi connectivity index (χ3v) is 4.92. The summed E-state index contributed by atoms with van der Waals surface area (Å²) >= 11 is 0. The molecule has 6 nitrogen and oxygen atoms in total. The molecule has 0 heterocycles. The normalized spacial score (nSPS) is 16.1. The van der Waals surface area contributed by atoms with Crippen molar-refractivity contribution in [2.24, 2.45) is 5.92 Å². The SMILES string of the molecule is C=CCOCc1c(OC)cccc1C(=O)NN(C(=O)C1=CC(C)CC(C)=C1)C(C)(C)C. The molecule has 1 aliphatic rings. The molecule has 0 aliphatic heterocycles. The molecule has 0 spiro atoms. The van der Waals surface area contributed by atoms with Gasteiger partial charge in [-0.3, -0.25) is 15.0 Å². The Labute approximate surface area is 185 Å². The number of hydrogen-bond donors (Lipinski definition) is 1. The van der Waals surface area contributed by atoms with Crippen LogP contribution in [0.15, 0.2) is 54.2 Å². The molecule has 31 heavy (non-hydrogen) atoms. The van der Waals surface area contributed by atoms with Crippen LogP contribution in [0.2, 0.25) is 0 Å². The largest absolute Gasteiger partial charge is 0.496 e. The van der Waals surface area contributed by atoms with E-state index in [0.717, 1.165) is 12.0 Å². The summed E-state index contributed by atoms with van der Waals surface area (Å²) < 4.78 is 11.0. The molecule has 0 aromatic heterocycles. The lowest BCUT2D eigenvalue weighted by molar-refractivity contribution is -0.134. The highest BCUT2D eigenvalue weighted by Gasteiger charge is 2.32. The van der Waals surface area contributed by atoms with Gasteiger partial charge in [-0.25, -0.2) is 5.01 Å². The van der Waals surface area contributed by atoms with E-state index in [2.05, 4.69) is 18.9 Å². The van der Waals surface area contributed by atoms with Crippen LogP contribution in [0.25, 0.3) is 0 Å². The van der Waals surface area contributed by atoms with Gasteiger partial charge in [-0.2, -0.15) is 0 Å². The lowest BCUT2D eigenvalue weighted by Crippen LogP contribution is -2.56. The second-order valence-corrected chi connectivity index (χ2v) is 8.84. The van der Waals surface area contributed by atoms with Crippen molar-refractivity contribution in [2.75, 3.05) is 13.7 Å². The van der Waals surface area contributed by atoms with E-state index in [0.29, 0.717) is 29.1 Å². The van der Waals surface area contributed by atoms with E-state index in [1.165, 1.54) is 5.01 Å². The summed E-state index contributed by atoms with van der Waals surface area (Å²) in [6, 6.07) is 5.21. The number of benzene rings is 1. The van der Waals surface area contributed by atoms with Crippen molar-refractivity contribution in [3.05, 3.63) is 65.3 Å². The third kappa shape index (κ3) is 6.31. The van der Waals surface area contributed by atoms with Crippen molar-refractivity contribution >= 4 is 11.8 Å². The minimum Gasteiger partial charge on any atom is -0.496 e. The van der Waals surface area contributed by atoms with Gasteiger partial charge in [0.2, 0.25) is 0 Å². The summed E-state index contributed by atoms with van der Waals surface area (Å²) in [6.07, 6.45) is 6.42. The Morgan fingerprint density at radius 3 is 2.61 bits per heavy atom. The van der Waals surface area contributed by atoms with E-state index in [4.69, 9.17) is 9.47 Å². The van der Waals surface area contributed by atoms with Crippen molar-refractivity contribution in [2.45, 2.75) is 53.2 Å². The standard InChI is InChI=1S/C25H34N2O4/c1-8-12-31-16-21-20(10-9-11-22(21)30-7)23(28)26-27(25(4,5)6)24(29)19-14-17(2)13-18(3)15-19/h8-11,14-15,17H,1,12-13,16H2,2-7H3,(H,26,28). The minimum atomic E-state index is -0.631. The highest BCUT2D eigenvalue weighted by Crippen LogP contribution is 2.26. The molecule has 2 amide bonds. The van der Waals surface area contributed by atoms with Crippen LogP contribution in [0.5, 0.6) is 5.75 Å². The highest BCUT2D eigenvalue weighted by molar-refractivity contribution is 6.01. The molecule has 0 saturated heterocycles. The predicted molar refractivity (Wildman–Crippen MR) is 123 cm³/mol. The second kappa shape index (κ2) is 10.4. The first-order valence-corrected chi connectivity index (χ1v) is 10.5. The maximum Gasteiger partial charge on any atom is 0.272 e.